The van der Waals surface area contributed by atoms with Crippen LogP contribution in [0.2, 0.25) is 0 Å². The van der Waals surface area contributed by atoms with Gasteiger partial charge in [-0.25, -0.2) is 20.5 Å². The summed E-state index contributed by atoms with van der Waals surface area (Å²) in [5, 5.41) is 4.22. The zero-order valence-electron chi connectivity index (χ0n) is 8.58. The standard InChI is InChI=1S/C9H8IN7/c10-6-3-13-17(4-6)9-8-12-1-2-16(8)5-7(14-9)15-11/h1-5,15H,11H2. The minimum atomic E-state index is 0.552. The van der Waals surface area contributed by atoms with E-state index in [0.717, 1.165) is 9.22 Å². The van der Waals surface area contributed by atoms with Crippen molar-refractivity contribution in [2.24, 2.45) is 5.84 Å². The van der Waals surface area contributed by atoms with E-state index in [1.165, 1.54) is 0 Å². The number of nitrogens with zero attached hydrogens (tertiary/aromatic N) is 5. The fraction of sp³-hybridized carbons (Fsp3) is 0. The van der Waals surface area contributed by atoms with Crippen LogP contribution in [0.4, 0.5) is 5.82 Å². The van der Waals surface area contributed by atoms with Crippen molar-refractivity contribution in [1.82, 2.24) is 24.1 Å². The molecule has 3 N–H and O–H groups in total. The molecule has 0 saturated heterocycles. The normalized spacial score (nSPS) is 10.9. The average molecular weight is 341 g/mol. The van der Waals surface area contributed by atoms with Crippen LogP contribution in [-0.4, -0.2) is 24.1 Å². The third kappa shape index (κ3) is 1.74. The molecule has 0 amide bonds. The van der Waals surface area contributed by atoms with Crippen molar-refractivity contribution in [2.75, 3.05) is 5.43 Å². The van der Waals surface area contributed by atoms with Gasteiger partial charge in [-0.1, -0.05) is 0 Å². The fourth-order valence-corrected chi connectivity index (χ4v) is 1.94. The number of halogens is 1. The molecule has 3 aromatic rings. The van der Waals surface area contributed by atoms with Crippen molar-refractivity contribution >= 4 is 34.1 Å². The molecule has 0 aliphatic heterocycles. The molecule has 3 heterocycles. The van der Waals surface area contributed by atoms with Crippen LogP contribution in [0.3, 0.4) is 0 Å². The summed E-state index contributed by atoms with van der Waals surface area (Å²) in [6.45, 7) is 0. The topological polar surface area (TPSA) is 86.1 Å². The van der Waals surface area contributed by atoms with Crippen LogP contribution < -0.4 is 11.3 Å². The largest absolute Gasteiger partial charge is 0.307 e. The van der Waals surface area contributed by atoms with Gasteiger partial charge in [-0.05, 0) is 22.6 Å². The van der Waals surface area contributed by atoms with Crippen molar-refractivity contribution in [1.29, 1.82) is 0 Å². The van der Waals surface area contributed by atoms with Crippen LogP contribution in [0.5, 0.6) is 0 Å². The number of nitrogen functional groups attached to an aromatic ring is 1. The lowest BCUT2D eigenvalue weighted by atomic mass is 10.5. The Morgan fingerprint density at radius 1 is 1.35 bits per heavy atom. The summed E-state index contributed by atoms with van der Waals surface area (Å²) in [5.41, 5.74) is 3.25. The van der Waals surface area contributed by atoms with E-state index in [0.29, 0.717) is 11.6 Å². The molecule has 17 heavy (non-hydrogen) atoms. The first kappa shape index (κ1) is 10.5. The molecule has 0 aromatic carbocycles. The molecule has 0 radical (unpaired) electrons. The Hall–Kier alpha value is -1.68. The molecule has 0 bridgehead atoms. The first-order chi connectivity index (χ1) is 8.28. The highest BCUT2D eigenvalue weighted by Crippen LogP contribution is 2.15. The number of rotatable bonds is 2. The Bertz CT molecular complexity index is 671. The van der Waals surface area contributed by atoms with Crippen LogP contribution >= 0.6 is 22.6 Å². The van der Waals surface area contributed by atoms with Crippen LogP contribution in [0.1, 0.15) is 0 Å². The molecule has 8 heteroatoms. The van der Waals surface area contributed by atoms with Crippen molar-refractivity contribution in [3.8, 4) is 5.82 Å². The third-order valence-electron chi connectivity index (χ3n) is 2.27. The molecule has 3 rings (SSSR count). The van der Waals surface area contributed by atoms with Gasteiger partial charge < -0.3 is 9.83 Å². The van der Waals surface area contributed by atoms with E-state index in [1.807, 2.05) is 16.8 Å². The Labute approximate surface area is 110 Å². The number of hydrogen-bond acceptors (Lipinski definition) is 5. The number of fused-ring (bicyclic) bond motifs is 1. The fourth-order valence-electron chi connectivity index (χ4n) is 1.56. The highest BCUT2D eigenvalue weighted by atomic mass is 127. The Balaban J connectivity index is 2.29. The summed E-state index contributed by atoms with van der Waals surface area (Å²) in [7, 11) is 0. The molecule has 0 atom stereocenters. The number of hydrogen-bond donors (Lipinski definition) is 2. The summed E-state index contributed by atoms with van der Waals surface area (Å²) in [6, 6.07) is 0. The van der Waals surface area contributed by atoms with Gasteiger partial charge in [0, 0.05) is 18.6 Å². The second kappa shape index (κ2) is 3.96. The molecule has 3 aromatic heterocycles. The van der Waals surface area contributed by atoms with Crippen LogP contribution in [0.25, 0.3) is 11.5 Å². The first-order valence-corrected chi connectivity index (χ1v) is 5.86. The van der Waals surface area contributed by atoms with E-state index in [9.17, 15) is 0 Å². The lowest BCUT2D eigenvalue weighted by Gasteiger charge is -2.06. The lowest BCUT2D eigenvalue weighted by molar-refractivity contribution is 0.842. The predicted molar refractivity (Wildman–Crippen MR) is 70.6 cm³/mol. The highest BCUT2D eigenvalue weighted by molar-refractivity contribution is 14.1. The van der Waals surface area contributed by atoms with E-state index < -0.39 is 0 Å². The molecule has 0 saturated carbocycles. The number of imidazole rings is 1. The predicted octanol–water partition coefficient (Wildman–Crippen LogP) is 0.805. The molecule has 86 valence electrons. The first-order valence-electron chi connectivity index (χ1n) is 4.79. The van der Waals surface area contributed by atoms with Crippen LogP contribution in [0.15, 0.2) is 31.0 Å². The number of hydrazine groups is 1. The molecule has 0 aliphatic rings. The summed E-state index contributed by atoms with van der Waals surface area (Å²) in [4.78, 5) is 8.60. The van der Waals surface area contributed by atoms with Gasteiger partial charge in [0.05, 0.1) is 16.0 Å². The van der Waals surface area contributed by atoms with Gasteiger partial charge in [0.15, 0.2) is 17.3 Å². The lowest BCUT2D eigenvalue weighted by Crippen LogP contribution is -2.12. The van der Waals surface area contributed by atoms with Crippen LogP contribution in [-0.2, 0) is 0 Å². The van der Waals surface area contributed by atoms with Crippen molar-refractivity contribution in [3.05, 3.63) is 34.6 Å². The summed E-state index contributed by atoms with van der Waals surface area (Å²) >= 11 is 2.19. The minimum Gasteiger partial charge on any atom is -0.307 e. The van der Waals surface area contributed by atoms with Gasteiger partial charge in [-0.15, -0.1) is 0 Å². The maximum absolute atomic E-state index is 5.38. The Morgan fingerprint density at radius 3 is 2.94 bits per heavy atom. The van der Waals surface area contributed by atoms with Crippen molar-refractivity contribution in [2.45, 2.75) is 0 Å². The molecular weight excluding hydrogens is 333 g/mol. The molecule has 0 unspecified atom stereocenters. The van der Waals surface area contributed by atoms with Crippen molar-refractivity contribution < 1.29 is 0 Å². The second-order valence-corrected chi connectivity index (χ2v) is 4.60. The summed E-state index contributed by atoms with van der Waals surface area (Å²) in [5.74, 6) is 6.57. The number of aromatic nitrogens is 5. The SMILES string of the molecule is NNc1cn2ccnc2c(-n2cc(I)cn2)n1. The van der Waals surface area contributed by atoms with E-state index in [1.54, 1.807) is 23.3 Å². The zero-order valence-corrected chi connectivity index (χ0v) is 10.7. The second-order valence-electron chi connectivity index (χ2n) is 3.36. The number of anilines is 1. The molecular formula is C9H8IN7. The van der Waals surface area contributed by atoms with Gasteiger partial charge in [-0.2, -0.15) is 5.10 Å². The van der Waals surface area contributed by atoms with Gasteiger partial charge in [0.2, 0.25) is 0 Å². The van der Waals surface area contributed by atoms with Crippen molar-refractivity contribution in [3.63, 3.8) is 0 Å². The number of nitrogens with one attached hydrogen (secondary N) is 1. The third-order valence-corrected chi connectivity index (χ3v) is 2.83. The zero-order chi connectivity index (χ0) is 11.8. The van der Waals surface area contributed by atoms with Crippen LogP contribution in [0, 0.1) is 3.57 Å². The molecule has 0 aliphatic carbocycles. The van der Waals surface area contributed by atoms with E-state index in [-0.39, 0.29) is 0 Å². The van der Waals surface area contributed by atoms with E-state index in [2.05, 4.69) is 43.1 Å². The van der Waals surface area contributed by atoms with E-state index in [4.69, 9.17) is 5.84 Å². The summed E-state index contributed by atoms with van der Waals surface area (Å²) in [6.07, 6.45) is 8.92. The maximum Gasteiger partial charge on any atom is 0.199 e. The monoisotopic (exact) mass is 341 g/mol. The Morgan fingerprint density at radius 2 is 2.24 bits per heavy atom. The van der Waals surface area contributed by atoms with Gasteiger partial charge >= 0.3 is 0 Å². The minimum absolute atomic E-state index is 0.552. The average Bonchev–Trinajstić information content (AvgIpc) is 2.95. The Kier molecular flexibility index (Phi) is 2.44. The van der Waals surface area contributed by atoms with Gasteiger partial charge in [-0.3, -0.25) is 0 Å². The summed E-state index contributed by atoms with van der Waals surface area (Å²) < 4.78 is 4.54. The van der Waals surface area contributed by atoms with E-state index >= 15 is 0 Å². The molecule has 0 spiro atoms. The number of nitrogens with two attached hydrogens (primary N) is 1. The van der Waals surface area contributed by atoms with Gasteiger partial charge in [0.25, 0.3) is 0 Å². The smallest absolute Gasteiger partial charge is 0.199 e. The highest BCUT2D eigenvalue weighted by Gasteiger charge is 2.10. The maximum atomic E-state index is 5.38. The molecule has 0 fully saturated rings. The van der Waals surface area contributed by atoms with Gasteiger partial charge in [0.1, 0.15) is 0 Å². The molecule has 7 nitrogen and oxygen atoms in total. The quantitative estimate of drug-likeness (QED) is 0.409.